The molecule has 0 spiro atoms. The van der Waals surface area contributed by atoms with Crippen LogP contribution in [0, 0.1) is 0 Å². The average Bonchev–Trinajstić information content (AvgIpc) is 2.84. The Morgan fingerprint density at radius 2 is 1.89 bits per heavy atom. The molecule has 8 heteroatoms. The van der Waals surface area contributed by atoms with Gasteiger partial charge in [0, 0.05) is 53.2 Å². The van der Waals surface area contributed by atoms with Crippen LogP contribution in [0.2, 0.25) is 0 Å². The number of carbonyl (C=O) groups is 3. The van der Waals surface area contributed by atoms with Crippen LogP contribution in [0.15, 0.2) is 30.3 Å². The Bertz CT molecular complexity index is 650. The van der Waals surface area contributed by atoms with E-state index in [1.165, 1.54) is 14.7 Å². The van der Waals surface area contributed by atoms with Crippen LogP contribution in [0.1, 0.15) is 18.4 Å². The molecule has 27 heavy (non-hydrogen) atoms. The molecule has 2 rings (SSSR count). The zero-order valence-electron chi connectivity index (χ0n) is 15.8. The summed E-state index contributed by atoms with van der Waals surface area (Å²) in [6, 6.07) is 9.06. The van der Waals surface area contributed by atoms with Crippen molar-refractivity contribution in [3.05, 3.63) is 35.9 Å². The molecule has 0 aromatic heterocycles. The van der Waals surface area contributed by atoms with Gasteiger partial charge in [-0.2, -0.15) is 0 Å². The highest BCUT2D eigenvalue weighted by Crippen LogP contribution is 2.14. The first-order valence-electron chi connectivity index (χ1n) is 9.00. The van der Waals surface area contributed by atoms with Crippen LogP contribution in [0.4, 0.5) is 4.79 Å². The molecule has 1 fully saturated rings. The average molecular weight is 377 g/mol. The summed E-state index contributed by atoms with van der Waals surface area (Å²) in [6.07, 6.45) is -0.608. The number of carboxylic acid groups (broad SMARTS) is 1. The third kappa shape index (κ3) is 5.96. The van der Waals surface area contributed by atoms with Gasteiger partial charge in [-0.25, -0.2) is 4.79 Å². The highest BCUT2D eigenvalue weighted by molar-refractivity contribution is 5.88. The van der Waals surface area contributed by atoms with Crippen molar-refractivity contribution >= 4 is 17.9 Å². The first kappa shape index (κ1) is 20.7. The summed E-state index contributed by atoms with van der Waals surface area (Å²) in [4.78, 5) is 40.5. The minimum atomic E-state index is -1.05. The van der Waals surface area contributed by atoms with E-state index in [9.17, 15) is 14.4 Å². The third-order valence-electron chi connectivity index (χ3n) is 4.55. The maximum absolute atomic E-state index is 12.6. The van der Waals surface area contributed by atoms with Crippen molar-refractivity contribution in [1.82, 2.24) is 14.7 Å². The lowest BCUT2D eigenvalue weighted by Gasteiger charge is -2.31. The fraction of sp³-hybridized carbons (Fsp3) is 0.526. The Balaban J connectivity index is 1.99. The number of nitrogens with zero attached hydrogens (tertiary/aromatic N) is 3. The molecule has 1 aliphatic heterocycles. The first-order valence-corrected chi connectivity index (χ1v) is 9.00. The van der Waals surface area contributed by atoms with Crippen LogP contribution < -0.4 is 0 Å². The van der Waals surface area contributed by atoms with Crippen molar-refractivity contribution in [2.75, 3.05) is 40.3 Å². The number of benzene rings is 1. The molecule has 0 unspecified atom stereocenters. The van der Waals surface area contributed by atoms with E-state index in [1.807, 2.05) is 30.3 Å². The highest BCUT2D eigenvalue weighted by atomic mass is 16.5. The molecule has 1 saturated heterocycles. The van der Waals surface area contributed by atoms with E-state index < -0.39 is 12.1 Å². The fourth-order valence-electron chi connectivity index (χ4n) is 3.03. The van der Waals surface area contributed by atoms with Gasteiger partial charge in [-0.3, -0.25) is 9.59 Å². The predicted octanol–water partition coefficient (Wildman–Crippen LogP) is 1.26. The number of ether oxygens (including phenoxy) is 1. The fourth-order valence-corrected chi connectivity index (χ4v) is 3.03. The number of hydrogen-bond donors (Lipinski definition) is 1. The SMILES string of the molecule is CN(C)C(=O)[C@@H](CCOCc1ccccc1)N1CCN(C(=O)O)CCC1=O. The van der Waals surface area contributed by atoms with Gasteiger partial charge in [0.05, 0.1) is 6.61 Å². The Morgan fingerprint density at radius 1 is 1.19 bits per heavy atom. The van der Waals surface area contributed by atoms with Gasteiger partial charge in [0.2, 0.25) is 11.8 Å². The van der Waals surface area contributed by atoms with Crippen LogP contribution in [-0.4, -0.2) is 84.1 Å². The Labute approximate surface area is 159 Å². The van der Waals surface area contributed by atoms with Crippen molar-refractivity contribution in [3.8, 4) is 0 Å². The third-order valence-corrected chi connectivity index (χ3v) is 4.55. The molecule has 1 atom stereocenters. The normalized spacial score (nSPS) is 16.0. The van der Waals surface area contributed by atoms with Crippen molar-refractivity contribution < 1.29 is 24.2 Å². The van der Waals surface area contributed by atoms with Crippen molar-refractivity contribution in [3.63, 3.8) is 0 Å². The van der Waals surface area contributed by atoms with E-state index in [-0.39, 0.29) is 37.9 Å². The van der Waals surface area contributed by atoms with E-state index in [1.54, 1.807) is 14.1 Å². The Kier molecular flexibility index (Phi) is 7.60. The largest absolute Gasteiger partial charge is 0.465 e. The van der Waals surface area contributed by atoms with Crippen LogP contribution in [-0.2, 0) is 20.9 Å². The number of hydrogen-bond acceptors (Lipinski definition) is 4. The van der Waals surface area contributed by atoms with Crippen LogP contribution in [0.3, 0.4) is 0 Å². The molecule has 0 bridgehead atoms. The second-order valence-corrected chi connectivity index (χ2v) is 6.68. The predicted molar refractivity (Wildman–Crippen MR) is 99.1 cm³/mol. The van der Waals surface area contributed by atoms with Crippen molar-refractivity contribution in [1.29, 1.82) is 0 Å². The molecule has 1 N–H and O–H groups in total. The van der Waals surface area contributed by atoms with Gasteiger partial charge < -0.3 is 24.5 Å². The topological polar surface area (TPSA) is 90.4 Å². The molecule has 1 aromatic rings. The standard InChI is InChI=1S/C19H27N3O5/c1-20(2)18(24)16(9-13-27-14-15-6-4-3-5-7-15)22-12-11-21(19(25)26)10-8-17(22)23/h3-7,16H,8-14H2,1-2H3,(H,25,26)/t16-/m1/s1. The molecule has 0 saturated carbocycles. The summed E-state index contributed by atoms with van der Waals surface area (Å²) in [5, 5.41) is 9.15. The quantitative estimate of drug-likeness (QED) is 0.723. The van der Waals surface area contributed by atoms with Crippen molar-refractivity contribution in [2.24, 2.45) is 0 Å². The number of amides is 3. The number of rotatable bonds is 7. The van der Waals surface area contributed by atoms with Crippen LogP contribution in [0.5, 0.6) is 0 Å². The summed E-state index contributed by atoms with van der Waals surface area (Å²) < 4.78 is 5.68. The minimum absolute atomic E-state index is 0.0778. The van der Waals surface area contributed by atoms with E-state index in [0.717, 1.165) is 5.56 Å². The molecule has 148 valence electrons. The molecule has 1 aromatic carbocycles. The molecule has 1 heterocycles. The zero-order chi connectivity index (χ0) is 19.8. The van der Waals surface area contributed by atoms with Crippen molar-refractivity contribution in [2.45, 2.75) is 25.5 Å². The van der Waals surface area contributed by atoms with E-state index in [2.05, 4.69) is 0 Å². The van der Waals surface area contributed by atoms with E-state index >= 15 is 0 Å². The molecule has 3 amide bonds. The molecule has 8 nitrogen and oxygen atoms in total. The Morgan fingerprint density at radius 3 is 2.52 bits per heavy atom. The van der Waals surface area contributed by atoms with Gasteiger partial charge in [-0.05, 0) is 5.56 Å². The Hall–Kier alpha value is -2.61. The van der Waals surface area contributed by atoms with Crippen LogP contribution in [0.25, 0.3) is 0 Å². The number of likely N-dealkylation sites (N-methyl/N-ethyl adjacent to an activating group) is 1. The summed E-state index contributed by atoms with van der Waals surface area (Å²) in [7, 11) is 3.29. The molecule has 1 aliphatic rings. The zero-order valence-corrected chi connectivity index (χ0v) is 15.8. The highest BCUT2D eigenvalue weighted by Gasteiger charge is 2.33. The van der Waals surface area contributed by atoms with E-state index in [4.69, 9.17) is 9.84 Å². The van der Waals surface area contributed by atoms with Gasteiger partial charge in [0.1, 0.15) is 6.04 Å². The second-order valence-electron chi connectivity index (χ2n) is 6.68. The molecule has 0 aliphatic carbocycles. The summed E-state index contributed by atoms with van der Waals surface area (Å²) >= 11 is 0. The smallest absolute Gasteiger partial charge is 0.407 e. The lowest BCUT2D eigenvalue weighted by atomic mass is 10.1. The minimum Gasteiger partial charge on any atom is -0.465 e. The maximum Gasteiger partial charge on any atom is 0.407 e. The van der Waals surface area contributed by atoms with E-state index in [0.29, 0.717) is 19.6 Å². The van der Waals surface area contributed by atoms with Gasteiger partial charge in [-0.15, -0.1) is 0 Å². The van der Waals surface area contributed by atoms with Gasteiger partial charge in [0.15, 0.2) is 0 Å². The monoisotopic (exact) mass is 377 g/mol. The van der Waals surface area contributed by atoms with Gasteiger partial charge >= 0.3 is 6.09 Å². The summed E-state index contributed by atoms with van der Waals surface area (Å²) in [6.45, 7) is 1.31. The molecular formula is C19H27N3O5. The number of carbonyl (C=O) groups excluding carboxylic acids is 2. The molecule has 0 radical (unpaired) electrons. The van der Waals surface area contributed by atoms with Gasteiger partial charge in [0.25, 0.3) is 0 Å². The maximum atomic E-state index is 12.6. The van der Waals surface area contributed by atoms with Crippen LogP contribution >= 0.6 is 0 Å². The second kappa shape index (κ2) is 9.91. The molecular weight excluding hydrogens is 350 g/mol. The van der Waals surface area contributed by atoms with Gasteiger partial charge in [-0.1, -0.05) is 30.3 Å². The lowest BCUT2D eigenvalue weighted by Crippen LogP contribution is -2.50. The lowest BCUT2D eigenvalue weighted by molar-refractivity contribution is -0.144. The summed E-state index contributed by atoms with van der Waals surface area (Å²) in [5.41, 5.74) is 1.04. The summed E-state index contributed by atoms with van der Waals surface area (Å²) in [5.74, 6) is -0.391. The first-order chi connectivity index (χ1) is 12.9.